The van der Waals surface area contributed by atoms with E-state index in [-0.39, 0.29) is 0 Å². The van der Waals surface area contributed by atoms with Crippen molar-refractivity contribution in [1.82, 2.24) is 10.9 Å². The van der Waals surface area contributed by atoms with Gasteiger partial charge in [-0.2, -0.15) is 0 Å². The van der Waals surface area contributed by atoms with E-state index >= 15 is 0 Å². The number of fused-ring (bicyclic) bond motifs is 1. The first-order valence-corrected chi connectivity index (χ1v) is 3.45. The van der Waals surface area contributed by atoms with Crippen molar-refractivity contribution in [3.63, 3.8) is 0 Å². The Morgan fingerprint density at radius 2 is 2.25 bits per heavy atom. The molecule has 2 fully saturated rings. The van der Waals surface area contributed by atoms with Gasteiger partial charge >= 0.3 is 0 Å². The highest BCUT2D eigenvalue weighted by Gasteiger charge is 2.30. The van der Waals surface area contributed by atoms with E-state index in [1.807, 2.05) is 0 Å². The zero-order valence-corrected chi connectivity index (χ0v) is 4.98. The summed E-state index contributed by atoms with van der Waals surface area (Å²) in [6, 6.07) is 0.815. The van der Waals surface area contributed by atoms with E-state index in [0.29, 0.717) is 0 Å². The van der Waals surface area contributed by atoms with Crippen LogP contribution in [0, 0.1) is 5.92 Å². The predicted molar refractivity (Wildman–Crippen MR) is 32.3 cm³/mol. The molecule has 0 bridgehead atoms. The quantitative estimate of drug-likeness (QED) is 0.470. The third-order valence-corrected chi connectivity index (χ3v) is 2.31. The average Bonchev–Trinajstić information content (AvgIpc) is 2.15. The highest BCUT2D eigenvalue weighted by Crippen LogP contribution is 2.26. The Morgan fingerprint density at radius 3 is 3.12 bits per heavy atom. The first-order valence-electron chi connectivity index (χ1n) is 3.45. The molecule has 2 N–H and O–H groups in total. The number of hydrogen-bond donors (Lipinski definition) is 2. The number of nitrogens with one attached hydrogen (secondary N) is 2. The van der Waals surface area contributed by atoms with Crippen molar-refractivity contribution in [1.29, 1.82) is 0 Å². The summed E-state index contributed by atoms with van der Waals surface area (Å²) in [6.07, 6.45) is 4.26. The minimum atomic E-state index is 0.815. The van der Waals surface area contributed by atoms with Crippen molar-refractivity contribution < 1.29 is 0 Å². The maximum Gasteiger partial charge on any atom is 0.0253 e. The van der Waals surface area contributed by atoms with Crippen LogP contribution in [0.1, 0.15) is 19.3 Å². The van der Waals surface area contributed by atoms with Gasteiger partial charge in [0.15, 0.2) is 0 Å². The number of hydrazine groups is 1. The van der Waals surface area contributed by atoms with E-state index in [9.17, 15) is 0 Å². The molecule has 0 amide bonds. The van der Waals surface area contributed by atoms with E-state index in [4.69, 9.17) is 0 Å². The van der Waals surface area contributed by atoms with Gasteiger partial charge in [-0.15, -0.1) is 0 Å². The van der Waals surface area contributed by atoms with E-state index in [2.05, 4.69) is 10.9 Å². The highest BCUT2D eigenvalue weighted by atomic mass is 15.4. The highest BCUT2D eigenvalue weighted by molar-refractivity contribution is 4.87. The van der Waals surface area contributed by atoms with Gasteiger partial charge in [0.25, 0.3) is 0 Å². The fourth-order valence-corrected chi connectivity index (χ4v) is 1.79. The molecule has 46 valence electrons. The molecule has 1 aliphatic carbocycles. The van der Waals surface area contributed by atoms with Crippen LogP contribution in [0.4, 0.5) is 0 Å². The van der Waals surface area contributed by atoms with Gasteiger partial charge in [-0.1, -0.05) is 6.42 Å². The average molecular weight is 112 g/mol. The molecule has 0 aromatic heterocycles. The Morgan fingerprint density at radius 1 is 1.25 bits per heavy atom. The van der Waals surface area contributed by atoms with Crippen molar-refractivity contribution in [3.8, 4) is 0 Å². The van der Waals surface area contributed by atoms with Crippen molar-refractivity contribution >= 4 is 0 Å². The number of hydrogen-bond acceptors (Lipinski definition) is 2. The molecule has 0 spiro atoms. The molecular weight excluding hydrogens is 100 g/mol. The topological polar surface area (TPSA) is 24.1 Å². The summed E-state index contributed by atoms with van der Waals surface area (Å²) < 4.78 is 0. The van der Waals surface area contributed by atoms with Gasteiger partial charge in [0, 0.05) is 12.6 Å². The normalized spacial score (nSPS) is 45.0. The van der Waals surface area contributed by atoms with Crippen LogP contribution in [0.15, 0.2) is 0 Å². The molecular formula is C6H12N2. The van der Waals surface area contributed by atoms with E-state index in [0.717, 1.165) is 12.0 Å². The second-order valence-electron chi connectivity index (χ2n) is 2.82. The Labute approximate surface area is 49.6 Å². The summed E-state index contributed by atoms with van der Waals surface area (Å²) >= 11 is 0. The van der Waals surface area contributed by atoms with Gasteiger partial charge in [0.2, 0.25) is 0 Å². The van der Waals surface area contributed by atoms with E-state index < -0.39 is 0 Å². The van der Waals surface area contributed by atoms with Crippen LogP contribution >= 0.6 is 0 Å². The maximum atomic E-state index is 3.27. The van der Waals surface area contributed by atoms with E-state index in [1.165, 1.54) is 25.8 Å². The van der Waals surface area contributed by atoms with Crippen LogP contribution < -0.4 is 10.9 Å². The lowest BCUT2D eigenvalue weighted by Crippen LogP contribution is -2.29. The Hall–Kier alpha value is -0.0800. The Kier molecular flexibility index (Phi) is 1.02. The van der Waals surface area contributed by atoms with Crippen LogP contribution in [0.25, 0.3) is 0 Å². The van der Waals surface area contributed by atoms with Crippen molar-refractivity contribution in [2.24, 2.45) is 5.92 Å². The summed E-state index contributed by atoms with van der Waals surface area (Å²) in [6.45, 7) is 1.20. The lowest BCUT2D eigenvalue weighted by atomic mass is 10.1. The van der Waals surface area contributed by atoms with Crippen molar-refractivity contribution in [3.05, 3.63) is 0 Å². The summed E-state index contributed by atoms with van der Waals surface area (Å²) in [4.78, 5) is 0. The van der Waals surface area contributed by atoms with Gasteiger partial charge < -0.3 is 0 Å². The van der Waals surface area contributed by atoms with Crippen LogP contribution in [-0.2, 0) is 0 Å². The Bertz CT molecular complexity index is 72.5. The molecule has 1 heterocycles. The summed E-state index contributed by atoms with van der Waals surface area (Å²) in [5.41, 5.74) is 6.44. The van der Waals surface area contributed by atoms with Crippen molar-refractivity contribution in [2.75, 3.05) is 6.54 Å². The summed E-state index contributed by atoms with van der Waals surface area (Å²) in [5.74, 6) is 0.954. The molecule has 1 saturated heterocycles. The molecule has 1 saturated carbocycles. The second kappa shape index (κ2) is 1.71. The van der Waals surface area contributed by atoms with E-state index in [1.54, 1.807) is 0 Å². The molecule has 0 aromatic rings. The fraction of sp³-hybridized carbons (Fsp3) is 1.00. The second-order valence-corrected chi connectivity index (χ2v) is 2.82. The minimum Gasteiger partial charge on any atom is -0.257 e. The van der Waals surface area contributed by atoms with Crippen molar-refractivity contribution in [2.45, 2.75) is 25.3 Å². The first kappa shape index (κ1) is 4.77. The predicted octanol–water partition coefficient (Wildman–Crippen LogP) is 0.263. The largest absolute Gasteiger partial charge is 0.257 e. The summed E-state index contributed by atoms with van der Waals surface area (Å²) in [5, 5.41) is 0. The van der Waals surface area contributed by atoms with Crippen LogP contribution in [0.2, 0.25) is 0 Å². The lowest BCUT2D eigenvalue weighted by molar-refractivity contribution is 0.523. The molecule has 2 unspecified atom stereocenters. The zero-order chi connectivity index (χ0) is 5.40. The van der Waals surface area contributed by atoms with Crippen LogP contribution in [0.5, 0.6) is 0 Å². The SMILES string of the molecule is C1CC2CNNC2C1. The van der Waals surface area contributed by atoms with Crippen LogP contribution in [0.3, 0.4) is 0 Å². The zero-order valence-electron chi connectivity index (χ0n) is 4.98. The van der Waals surface area contributed by atoms with Gasteiger partial charge in [-0.05, 0) is 18.8 Å². The van der Waals surface area contributed by atoms with Gasteiger partial charge in [0.05, 0.1) is 0 Å². The molecule has 0 radical (unpaired) electrons. The standard InChI is InChI=1S/C6H12N2/c1-2-5-4-7-8-6(5)3-1/h5-8H,1-4H2. The molecule has 2 nitrogen and oxygen atoms in total. The Balaban J connectivity index is 2.04. The molecule has 2 heteroatoms. The van der Waals surface area contributed by atoms with Gasteiger partial charge in [-0.25, -0.2) is 0 Å². The monoisotopic (exact) mass is 112 g/mol. The fourth-order valence-electron chi connectivity index (χ4n) is 1.79. The summed E-state index contributed by atoms with van der Waals surface area (Å²) in [7, 11) is 0. The van der Waals surface area contributed by atoms with Gasteiger partial charge in [0.1, 0.15) is 0 Å². The lowest BCUT2D eigenvalue weighted by Gasteiger charge is -2.03. The third-order valence-electron chi connectivity index (χ3n) is 2.31. The maximum absolute atomic E-state index is 3.27. The molecule has 8 heavy (non-hydrogen) atoms. The minimum absolute atomic E-state index is 0.815. The molecule has 1 aliphatic heterocycles. The molecule has 2 aliphatic rings. The smallest absolute Gasteiger partial charge is 0.0253 e. The molecule has 0 aromatic carbocycles. The molecule has 2 rings (SSSR count). The van der Waals surface area contributed by atoms with Crippen LogP contribution in [-0.4, -0.2) is 12.6 Å². The van der Waals surface area contributed by atoms with Gasteiger partial charge in [-0.3, -0.25) is 10.9 Å². The third kappa shape index (κ3) is 0.565. The number of rotatable bonds is 0. The first-order chi connectivity index (χ1) is 3.97. The molecule has 2 atom stereocenters.